The maximum absolute atomic E-state index is 12.2. The van der Waals surface area contributed by atoms with Crippen LogP contribution in [0.3, 0.4) is 0 Å². The van der Waals surface area contributed by atoms with Gasteiger partial charge >= 0.3 is 6.09 Å². The topological polar surface area (TPSA) is 85.9 Å². The van der Waals surface area contributed by atoms with E-state index in [0.717, 1.165) is 0 Å². The second kappa shape index (κ2) is 7.71. The zero-order valence-corrected chi connectivity index (χ0v) is 14.4. The lowest BCUT2D eigenvalue weighted by atomic mass is 10.2. The molecule has 1 rings (SSSR count). The highest BCUT2D eigenvalue weighted by Gasteiger charge is 2.21. The van der Waals surface area contributed by atoms with Gasteiger partial charge in [0, 0.05) is 6.07 Å². The molecule has 0 fully saturated rings. The first-order valence-corrected chi connectivity index (χ1v) is 7.18. The highest BCUT2D eigenvalue weighted by Crippen LogP contribution is 2.29. The van der Waals surface area contributed by atoms with Gasteiger partial charge in [0.05, 0.1) is 19.9 Å². The largest absolute Gasteiger partial charge is 0.497 e. The van der Waals surface area contributed by atoms with Crippen molar-refractivity contribution in [3.63, 3.8) is 0 Å². The number of hydrogen-bond acceptors (Lipinski definition) is 5. The SMILES string of the molecule is COc1ccc(NC(=O)C(C)NC(=O)OC(C)(C)C)c(OC)c1. The predicted octanol–water partition coefficient (Wildman–Crippen LogP) is 2.56. The van der Waals surface area contributed by atoms with Crippen LogP contribution >= 0.6 is 0 Å². The molecule has 0 radical (unpaired) electrons. The van der Waals surface area contributed by atoms with Crippen molar-refractivity contribution in [2.24, 2.45) is 0 Å². The van der Waals surface area contributed by atoms with E-state index in [-0.39, 0.29) is 5.91 Å². The van der Waals surface area contributed by atoms with Crippen LogP contribution in [0.1, 0.15) is 27.7 Å². The summed E-state index contributed by atoms with van der Waals surface area (Å²) in [5, 5.41) is 5.17. The maximum Gasteiger partial charge on any atom is 0.408 e. The van der Waals surface area contributed by atoms with Crippen LogP contribution in [0.2, 0.25) is 0 Å². The van der Waals surface area contributed by atoms with Crippen LogP contribution in [-0.2, 0) is 9.53 Å². The van der Waals surface area contributed by atoms with Crippen LogP contribution in [-0.4, -0.2) is 37.9 Å². The van der Waals surface area contributed by atoms with Crippen LogP contribution in [0.25, 0.3) is 0 Å². The number of amides is 2. The minimum Gasteiger partial charge on any atom is -0.497 e. The van der Waals surface area contributed by atoms with Crippen molar-refractivity contribution >= 4 is 17.7 Å². The van der Waals surface area contributed by atoms with E-state index in [2.05, 4.69) is 10.6 Å². The van der Waals surface area contributed by atoms with Crippen molar-refractivity contribution in [3.8, 4) is 11.5 Å². The molecule has 0 bridgehead atoms. The van der Waals surface area contributed by atoms with Gasteiger partial charge in [0.1, 0.15) is 23.1 Å². The number of rotatable bonds is 5. The molecular weight excluding hydrogens is 300 g/mol. The van der Waals surface area contributed by atoms with Crippen molar-refractivity contribution in [1.29, 1.82) is 0 Å². The Labute approximate surface area is 136 Å². The molecule has 0 aliphatic heterocycles. The van der Waals surface area contributed by atoms with Crippen LogP contribution in [0, 0.1) is 0 Å². The molecule has 0 heterocycles. The van der Waals surface area contributed by atoms with Crippen molar-refractivity contribution in [1.82, 2.24) is 5.32 Å². The van der Waals surface area contributed by atoms with Gasteiger partial charge < -0.3 is 24.8 Å². The minimum atomic E-state index is -0.767. The predicted molar refractivity (Wildman–Crippen MR) is 87.0 cm³/mol. The van der Waals surface area contributed by atoms with E-state index in [4.69, 9.17) is 14.2 Å². The molecule has 0 aliphatic carbocycles. The Morgan fingerprint density at radius 2 is 1.78 bits per heavy atom. The molecule has 1 aromatic rings. The fraction of sp³-hybridized carbons (Fsp3) is 0.500. The number of anilines is 1. The summed E-state index contributed by atoms with van der Waals surface area (Å²) in [6.45, 7) is 6.81. The van der Waals surface area contributed by atoms with Gasteiger partial charge in [0.2, 0.25) is 5.91 Å². The standard InChI is InChI=1S/C16H24N2O5/c1-10(17-15(20)23-16(2,3)4)14(19)18-12-8-7-11(21-5)9-13(12)22-6/h7-10H,1-6H3,(H,17,20)(H,18,19). The molecule has 128 valence electrons. The zero-order chi connectivity index (χ0) is 17.6. The molecule has 0 saturated carbocycles. The highest BCUT2D eigenvalue weighted by molar-refractivity contribution is 5.97. The molecule has 0 aliphatic rings. The Morgan fingerprint density at radius 3 is 2.30 bits per heavy atom. The average Bonchev–Trinajstić information content (AvgIpc) is 2.45. The number of ether oxygens (including phenoxy) is 3. The second-order valence-corrected chi connectivity index (χ2v) is 5.92. The Morgan fingerprint density at radius 1 is 1.13 bits per heavy atom. The molecule has 2 amide bonds. The van der Waals surface area contributed by atoms with E-state index in [9.17, 15) is 9.59 Å². The zero-order valence-electron chi connectivity index (χ0n) is 14.4. The van der Waals surface area contributed by atoms with Gasteiger partial charge in [-0.2, -0.15) is 0 Å². The van der Waals surface area contributed by atoms with Gasteiger partial charge in [0.25, 0.3) is 0 Å². The lowest BCUT2D eigenvalue weighted by Crippen LogP contribution is -2.44. The van der Waals surface area contributed by atoms with E-state index in [1.54, 1.807) is 53.0 Å². The molecule has 0 saturated heterocycles. The summed E-state index contributed by atoms with van der Waals surface area (Å²) in [6, 6.07) is 4.25. The Hall–Kier alpha value is -2.44. The van der Waals surface area contributed by atoms with Crippen molar-refractivity contribution < 1.29 is 23.8 Å². The first kappa shape index (κ1) is 18.6. The molecule has 23 heavy (non-hydrogen) atoms. The summed E-state index contributed by atoms with van der Waals surface area (Å²) in [5.41, 5.74) is -0.143. The van der Waals surface area contributed by atoms with E-state index in [0.29, 0.717) is 17.2 Å². The number of alkyl carbamates (subject to hydrolysis) is 1. The van der Waals surface area contributed by atoms with Gasteiger partial charge in [-0.1, -0.05) is 0 Å². The number of benzene rings is 1. The van der Waals surface area contributed by atoms with Gasteiger partial charge in [-0.25, -0.2) is 4.79 Å². The first-order chi connectivity index (χ1) is 10.7. The Balaban J connectivity index is 2.70. The van der Waals surface area contributed by atoms with Crippen LogP contribution in [0.15, 0.2) is 18.2 Å². The summed E-state index contributed by atoms with van der Waals surface area (Å²) >= 11 is 0. The van der Waals surface area contributed by atoms with E-state index >= 15 is 0 Å². The fourth-order valence-electron chi connectivity index (χ4n) is 1.69. The lowest BCUT2D eigenvalue weighted by Gasteiger charge is -2.22. The molecular formula is C16H24N2O5. The monoisotopic (exact) mass is 324 g/mol. The van der Waals surface area contributed by atoms with Crippen molar-refractivity contribution in [3.05, 3.63) is 18.2 Å². The van der Waals surface area contributed by atoms with Crippen LogP contribution in [0.5, 0.6) is 11.5 Å². The smallest absolute Gasteiger partial charge is 0.408 e. The molecule has 2 N–H and O–H groups in total. The molecule has 0 spiro atoms. The van der Waals surface area contributed by atoms with Crippen molar-refractivity contribution in [2.75, 3.05) is 19.5 Å². The number of methoxy groups -OCH3 is 2. The van der Waals surface area contributed by atoms with Gasteiger partial charge in [-0.3, -0.25) is 4.79 Å². The van der Waals surface area contributed by atoms with E-state index in [1.807, 2.05) is 0 Å². The third-order valence-corrected chi connectivity index (χ3v) is 2.79. The molecule has 1 aromatic carbocycles. The average molecular weight is 324 g/mol. The molecule has 1 atom stereocenters. The van der Waals surface area contributed by atoms with Crippen molar-refractivity contribution in [2.45, 2.75) is 39.3 Å². The van der Waals surface area contributed by atoms with Crippen LogP contribution in [0.4, 0.5) is 10.5 Å². The summed E-state index contributed by atoms with van der Waals surface area (Å²) in [5.74, 6) is 0.682. The normalized spacial score (nSPS) is 12.1. The Kier molecular flexibility index (Phi) is 6.24. The maximum atomic E-state index is 12.2. The Bertz CT molecular complexity index is 566. The third kappa shape index (κ3) is 6.06. The molecule has 7 nitrogen and oxygen atoms in total. The summed E-state index contributed by atoms with van der Waals surface area (Å²) in [7, 11) is 3.03. The van der Waals surface area contributed by atoms with Gasteiger partial charge in [-0.05, 0) is 39.8 Å². The number of hydrogen-bond donors (Lipinski definition) is 2. The molecule has 7 heteroatoms. The lowest BCUT2D eigenvalue weighted by molar-refractivity contribution is -0.117. The summed E-state index contributed by atoms with van der Waals surface area (Å²) < 4.78 is 15.4. The van der Waals surface area contributed by atoms with Crippen LogP contribution < -0.4 is 20.1 Å². The third-order valence-electron chi connectivity index (χ3n) is 2.79. The van der Waals surface area contributed by atoms with E-state index in [1.165, 1.54) is 7.11 Å². The minimum absolute atomic E-state index is 0.390. The van der Waals surface area contributed by atoms with Gasteiger partial charge in [0.15, 0.2) is 0 Å². The van der Waals surface area contributed by atoms with E-state index < -0.39 is 17.7 Å². The quantitative estimate of drug-likeness (QED) is 0.869. The number of carbonyl (C=O) groups is 2. The first-order valence-electron chi connectivity index (χ1n) is 7.18. The highest BCUT2D eigenvalue weighted by atomic mass is 16.6. The number of carbonyl (C=O) groups excluding carboxylic acids is 2. The fourth-order valence-corrected chi connectivity index (χ4v) is 1.69. The number of nitrogens with one attached hydrogen (secondary N) is 2. The molecule has 1 unspecified atom stereocenters. The second-order valence-electron chi connectivity index (χ2n) is 5.92. The summed E-state index contributed by atoms with van der Waals surface area (Å²) in [4.78, 5) is 23.8. The summed E-state index contributed by atoms with van der Waals surface area (Å²) in [6.07, 6.45) is -0.651. The van der Waals surface area contributed by atoms with Gasteiger partial charge in [-0.15, -0.1) is 0 Å². The molecule has 0 aromatic heterocycles.